The van der Waals surface area contributed by atoms with E-state index in [-0.39, 0.29) is 33.8 Å². The number of fused-ring (bicyclic) bond motifs is 7. The van der Waals surface area contributed by atoms with Crippen molar-refractivity contribution in [1.29, 1.82) is 0 Å². The largest absolute Gasteiger partial charge is 0.310 e. The van der Waals surface area contributed by atoms with Crippen molar-refractivity contribution in [2.24, 2.45) is 0 Å². The Morgan fingerprint density at radius 2 is 0.767 bits per heavy atom. The molecular formula is C86H85BN2Si. The third-order valence-electron chi connectivity index (χ3n) is 19.9. The summed E-state index contributed by atoms with van der Waals surface area (Å²) in [5.74, 6) is 0. The molecule has 0 amide bonds. The van der Waals surface area contributed by atoms with E-state index < -0.39 is 8.07 Å². The molecule has 11 aromatic carbocycles. The monoisotopic (exact) mass is 1180 g/mol. The van der Waals surface area contributed by atoms with Crippen LogP contribution in [0.25, 0.3) is 60.9 Å². The molecule has 446 valence electrons. The predicted octanol–water partition coefficient (Wildman–Crippen LogP) is 18.3. The van der Waals surface area contributed by atoms with E-state index in [1.54, 1.807) is 0 Å². The van der Waals surface area contributed by atoms with Gasteiger partial charge in [-0.05, 0) is 157 Å². The summed E-state index contributed by atoms with van der Waals surface area (Å²) in [5.41, 5.74) is 24.9. The lowest BCUT2D eigenvalue weighted by Crippen LogP contribution is -2.87. The SMILES string of the molecule is CC(C)(C)c1cc(-c2ccc3c(c2)N(c2c(-c4ccccc4)cccc2-c2ccccc2)c2cc(C(C)(C)C)cc4c2B3c2ccc(-n3c5ccc(C(C)(C)C)cc5c5cc(C(C)(C)C)ccc53)cc2[Si]4(c2ccccc2)c2ccccc2)cc(C(C)(C)C)c1. The van der Waals surface area contributed by atoms with Crippen LogP contribution in [0.5, 0.6) is 0 Å². The minimum absolute atomic E-state index is 0.0179. The Morgan fingerprint density at radius 3 is 1.24 bits per heavy atom. The van der Waals surface area contributed by atoms with Gasteiger partial charge in [0.1, 0.15) is 0 Å². The zero-order valence-corrected chi connectivity index (χ0v) is 56.6. The highest BCUT2D eigenvalue weighted by Crippen LogP contribution is 2.49. The van der Waals surface area contributed by atoms with Gasteiger partial charge in [0.15, 0.2) is 8.07 Å². The molecule has 0 spiro atoms. The summed E-state index contributed by atoms with van der Waals surface area (Å²) < 4.78 is 2.59. The molecule has 0 fully saturated rings. The molecule has 12 aromatic rings. The summed E-state index contributed by atoms with van der Waals surface area (Å²) in [6.07, 6.45) is 0. The molecule has 0 radical (unpaired) electrons. The fraction of sp³-hybridized carbons (Fsp3) is 0.233. The van der Waals surface area contributed by atoms with Gasteiger partial charge in [0.05, 0.1) is 16.7 Å². The van der Waals surface area contributed by atoms with Crippen molar-refractivity contribution in [1.82, 2.24) is 4.57 Å². The number of para-hydroxylation sites is 1. The summed E-state index contributed by atoms with van der Waals surface area (Å²) in [5, 5.41) is 8.24. The number of anilines is 3. The first-order valence-electron chi connectivity index (χ1n) is 32.7. The van der Waals surface area contributed by atoms with Crippen molar-refractivity contribution in [2.45, 2.75) is 131 Å². The number of aromatic nitrogens is 1. The molecular weight excluding hydrogens is 1100 g/mol. The van der Waals surface area contributed by atoms with E-state index in [2.05, 4.69) is 356 Å². The molecule has 0 aliphatic carbocycles. The third kappa shape index (κ3) is 9.75. The molecule has 0 saturated heterocycles. The van der Waals surface area contributed by atoms with Gasteiger partial charge in [-0.3, -0.25) is 0 Å². The Kier molecular flexibility index (Phi) is 13.9. The van der Waals surface area contributed by atoms with Gasteiger partial charge in [-0.1, -0.05) is 303 Å². The first-order valence-corrected chi connectivity index (χ1v) is 34.7. The van der Waals surface area contributed by atoms with Crippen LogP contribution in [0.1, 0.15) is 132 Å². The minimum Gasteiger partial charge on any atom is -0.310 e. The first kappa shape index (κ1) is 59.0. The van der Waals surface area contributed by atoms with Gasteiger partial charge in [0.25, 0.3) is 0 Å². The molecule has 2 aliphatic rings. The molecule has 3 heterocycles. The van der Waals surface area contributed by atoms with Crippen LogP contribution in [0.15, 0.2) is 243 Å². The van der Waals surface area contributed by atoms with Gasteiger partial charge in [0.2, 0.25) is 6.71 Å². The maximum atomic E-state index is 2.75. The number of hydrogen-bond donors (Lipinski definition) is 0. The average molecular weight is 1190 g/mol. The Balaban J connectivity index is 1.16. The lowest BCUT2D eigenvalue weighted by atomic mass is 9.34. The number of rotatable bonds is 7. The second kappa shape index (κ2) is 21.2. The molecule has 0 N–H and O–H groups in total. The van der Waals surface area contributed by atoms with Crippen LogP contribution in [0.4, 0.5) is 17.1 Å². The number of benzene rings is 11. The van der Waals surface area contributed by atoms with E-state index in [1.807, 2.05) is 0 Å². The molecule has 14 rings (SSSR count). The number of nitrogens with zero attached hydrogens (tertiary/aromatic N) is 2. The summed E-state index contributed by atoms with van der Waals surface area (Å²) >= 11 is 0. The average Bonchev–Trinajstić information content (AvgIpc) is 0.733. The van der Waals surface area contributed by atoms with Crippen LogP contribution in [0.3, 0.4) is 0 Å². The van der Waals surface area contributed by atoms with Crippen molar-refractivity contribution in [3.05, 3.63) is 270 Å². The topological polar surface area (TPSA) is 8.17 Å². The van der Waals surface area contributed by atoms with Crippen LogP contribution >= 0.6 is 0 Å². The highest BCUT2D eigenvalue weighted by Gasteiger charge is 2.54. The Hall–Kier alpha value is -8.70. The zero-order chi connectivity index (χ0) is 63.0. The molecule has 1 aromatic heterocycles. The minimum atomic E-state index is -3.35. The van der Waals surface area contributed by atoms with Crippen LogP contribution < -0.4 is 42.0 Å². The smallest absolute Gasteiger partial charge is 0.246 e. The van der Waals surface area contributed by atoms with Gasteiger partial charge in [-0.15, -0.1) is 0 Å². The van der Waals surface area contributed by atoms with Crippen LogP contribution in [0, 0.1) is 0 Å². The van der Waals surface area contributed by atoms with Gasteiger partial charge >= 0.3 is 0 Å². The van der Waals surface area contributed by atoms with E-state index in [0.717, 1.165) is 0 Å². The lowest BCUT2D eigenvalue weighted by molar-refractivity contribution is 0.569. The highest BCUT2D eigenvalue weighted by molar-refractivity contribution is 7.26. The van der Waals surface area contributed by atoms with Crippen molar-refractivity contribution in [3.63, 3.8) is 0 Å². The van der Waals surface area contributed by atoms with E-state index in [1.165, 1.54) is 143 Å². The van der Waals surface area contributed by atoms with Crippen LogP contribution in [-0.2, 0) is 27.1 Å². The second-order valence-corrected chi connectivity index (χ2v) is 34.8. The quantitative estimate of drug-likeness (QED) is 0.144. The second-order valence-electron chi connectivity index (χ2n) is 31.0. The van der Waals surface area contributed by atoms with Crippen LogP contribution in [0.2, 0.25) is 0 Å². The van der Waals surface area contributed by atoms with Crippen LogP contribution in [-0.4, -0.2) is 19.4 Å². The predicted molar refractivity (Wildman–Crippen MR) is 394 cm³/mol. The fourth-order valence-electron chi connectivity index (χ4n) is 14.8. The highest BCUT2D eigenvalue weighted by atomic mass is 28.3. The third-order valence-corrected chi connectivity index (χ3v) is 24.8. The van der Waals surface area contributed by atoms with E-state index in [0.29, 0.717) is 0 Å². The Morgan fingerprint density at radius 1 is 0.311 bits per heavy atom. The van der Waals surface area contributed by atoms with Gasteiger partial charge in [-0.25, -0.2) is 0 Å². The summed E-state index contributed by atoms with van der Waals surface area (Å²) in [6, 6.07) is 95.2. The molecule has 0 atom stereocenters. The van der Waals surface area contributed by atoms with E-state index >= 15 is 0 Å². The number of hydrogen-bond acceptors (Lipinski definition) is 1. The standard InChI is InChI=1S/C86H85BN2Si/c1-82(2,3)60-40-45-74-70(51-60)71-52-61(83(4,5)6)41-46-75(71)88(74)65-42-44-73-78(55-65)90(66-33-24-18-25-34-66,67-35-26-19-27-36-67)79-54-64(86(13,14)15)53-77-80(79)87(73)72-43-39-58(59-47-62(84(7,8)9)50-63(48-59)85(10,11)12)49-76(72)89(77)81-68(56-29-20-16-21-30-56)37-28-38-69(81)57-31-22-17-23-32-57/h16-55H,1-15H3. The van der Waals surface area contributed by atoms with Gasteiger partial charge < -0.3 is 9.47 Å². The first-order chi connectivity index (χ1) is 42.8. The molecule has 0 unspecified atom stereocenters. The molecule has 4 heteroatoms. The molecule has 2 nitrogen and oxygen atoms in total. The molecule has 90 heavy (non-hydrogen) atoms. The summed E-state index contributed by atoms with van der Waals surface area (Å²) in [4.78, 5) is 2.75. The summed E-state index contributed by atoms with van der Waals surface area (Å²) in [7, 11) is -3.35. The van der Waals surface area contributed by atoms with Gasteiger partial charge in [-0.2, -0.15) is 0 Å². The molecule has 2 aliphatic heterocycles. The van der Waals surface area contributed by atoms with Crippen molar-refractivity contribution >= 4 is 90.8 Å². The maximum Gasteiger partial charge on any atom is 0.246 e. The maximum absolute atomic E-state index is 3.35. The van der Waals surface area contributed by atoms with Crippen molar-refractivity contribution < 1.29 is 0 Å². The van der Waals surface area contributed by atoms with Gasteiger partial charge in [0, 0.05) is 39.0 Å². The molecule has 0 bridgehead atoms. The Bertz CT molecular complexity index is 4570. The van der Waals surface area contributed by atoms with Crippen molar-refractivity contribution in [3.8, 4) is 39.1 Å². The molecule has 0 saturated carbocycles. The fourth-order valence-corrected chi connectivity index (χ4v) is 20.2. The van der Waals surface area contributed by atoms with Crippen molar-refractivity contribution in [2.75, 3.05) is 4.90 Å². The lowest BCUT2D eigenvalue weighted by Gasteiger charge is -2.48. The Labute approximate surface area is 537 Å². The van der Waals surface area contributed by atoms with E-state index in [4.69, 9.17) is 0 Å². The zero-order valence-electron chi connectivity index (χ0n) is 55.6. The summed E-state index contributed by atoms with van der Waals surface area (Å²) in [6.45, 7) is 35.3. The van der Waals surface area contributed by atoms with E-state index in [9.17, 15) is 0 Å². The normalized spacial score (nSPS) is 14.0.